The van der Waals surface area contributed by atoms with Crippen LogP contribution in [0.15, 0.2) is 42.5 Å². The van der Waals surface area contributed by atoms with Crippen molar-refractivity contribution in [2.45, 2.75) is 6.42 Å². The first-order valence-corrected chi connectivity index (χ1v) is 8.31. The Labute approximate surface area is 155 Å². The molecule has 5 nitrogen and oxygen atoms in total. The summed E-state index contributed by atoms with van der Waals surface area (Å²) in [5.74, 6) is -0.110. The number of nitrogens with one attached hydrogen (secondary N) is 1. The molecule has 0 radical (unpaired) electrons. The van der Waals surface area contributed by atoms with Gasteiger partial charge in [-0.05, 0) is 48.9 Å². The molecule has 0 saturated heterocycles. The third-order valence-corrected chi connectivity index (χ3v) is 3.86. The normalized spacial score (nSPS) is 10.2. The number of hydrogen-bond acceptors (Lipinski definition) is 4. The minimum absolute atomic E-state index is 0.221. The number of esters is 1. The zero-order valence-electron chi connectivity index (χ0n) is 13.6. The molecule has 1 amide bonds. The smallest absolute Gasteiger partial charge is 0.337 e. The summed E-state index contributed by atoms with van der Waals surface area (Å²) < 4.78 is 10.2. The largest absolute Gasteiger partial charge is 0.492 e. The number of methoxy groups -OCH3 is 1. The van der Waals surface area contributed by atoms with E-state index in [4.69, 9.17) is 27.9 Å². The fourth-order valence-electron chi connectivity index (χ4n) is 2.03. The lowest BCUT2D eigenvalue weighted by molar-refractivity contribution is 0.0600. The highest BCUT2D eigenvalue weighted by Gasteiger charge is 2.08. The second-order valence-corrected chi connectivity index (χ2v) is 5.95. The second-order valence-electron chi connectivity index (χ2n) is 5.10. The minimum Gasteiger partial charge on any atom is -0.492 e. The summed E-state index contributed by atoms with van der Waals surface area (Å²) in [7, 11) is 1.31. The van der Waals surface area contributed by atoms with Crippen LogP contribution in [0.4, 0.5) is 0 Å². The van der Waals surface area contributed by atoms with Crippen molar-refractivity contribution < 1.29 is 19.1 Å². The molecule has 2 aromatic carbocycles. The molecule has 0 aromatic heterocycles. The minimum atomic E-state index is -0.440. The molecule has 0 bridgehead atoms. The first kappa shape index (κ1) is 19.1. The van der Waals surface area contributed by atoms with Gasteiger partial charge in [0.2, 0.25) is 0 Å². The number of carbonyl (C=O) groups is 2. The topological polar surface area (TPSA) is 64.6 Å². The molecule has 0 heterocycles. The van der Waals surface area contributed by atoms with Gasteiger partial charge in [-0.15, -0.1) is 0 Å². The third kappa shape index (κ3) is 5.66. The number of benzene rings is 2. The van der Waals surface area contributed by atoms with Gasteiger partial charge in [0.05, 0.1) is 24.3 Å². The van der Waals surface area contributed by atoms with Crippen molar-refractivity contribution in [2.24, 2.45) is 0 Å². The summed E-state index contributed by atoms with van der Waals surface area (Å²) in [6.07, 6.45) is 0.616. The van der Waals surface area contributed by atoms with Crippen molar-refractivity contribution in [2.75, 3.05) is 20.3 Å². The Bertz CT molecular complexity index is 747. The Kier molecular flexibility index (Phi) is 7.10. The number of carbonyl (C=O) groups excluding carboxylic acids is 2. The highest BCUT2D eigenvalue weighted by Crippen LogP contribution is 2.27. The van der Waals surface area contributed by atoms with Gasteiger partial charge in [0, 0.05) is 17.1 Å². The lowest BCUT2D eigenvalue weighted by Gasteiger charge is -2.09. The highest BCUT2D eigenvalue weighted by atomic mass is 35.5. The van der Waals surface area contributed by atoms with Crippen LogP contribution in [0.5, 0.6) is 5.75 Å². The first-order valence-electron chi connectivity index (χ1n) is 7.55. The highest BCUT2D eigenvalue weighted by molar-refractivity contribution is 6.35. The molecule has 0 atom stereocenters. The zero-order chi connectivity index (χ0) is 18.2. The van der Waals surface area contributed by atoms with Crippen molar-refractivity contribution in [3.63, 3.8) is 0 Å². The van der Waals surface area contributed by atoms with Crippen molar-refractivity contribution in [3.8, 4) is 5.75 Å². The number of rotatable bonds is 7. The molecule has 25 heavy (non-hydrogen) atoms. The third-order valence-electron chi connectivity index (χ3n) is 3.33. The quantitative estimate of drug-likeness (QED) is 0.581. The van der Waals surface area contributed by atoms with Gasteiger partial charge < -0.3 is 14.8 Å². The number of ether oxygens (including phenoxy) is 2. The summed E-state index contributed by atoms with van der Waals surface area (Å²) in [6.45, 7) is 0.853. The summed E-state index contributed by atoms with van der Waals surface area (Å²) in [5, 5.41) is 3.77. The zero-order valence-corrected chi connectivity index (χ0v) is 15.1. The fourth-order valence-corrected chi connectivity index (χ4v) is 2.49. The van der Waals surface area contributed by atoms with Crippen molar-refractivity contribution in [3.05, 3.63) is 63.6 Å². The van der Waals surface area contributed by atoms with Gasteiger partial charge in [-0.2, -0.15) is 0 Å². The van der Waals surface area contributed by atoms with E-state index >= 15 is 0 Å². The van der Waals surface area contributed by atoms with Crippen LogP contribution in [0.2, 0.25) is 10.0 Å². The molecule has 1 N–H and O–H groups in total. The molecular weight excluding hydrogens is 365 g/mol. The Balaban J connectivity index is 1.74. The number of halogens is 2. The molecular formula is C18H17Cl2NO4. The molecule has 0 unspecified atom stereocenters. The Morgan fingerprint density at radius 3 is 2.36 bits per heavy atom. The van der Waals surface area contributed by atoms with Crippen LogP contribution >= 0.6 is 23.2 Å². The predicted molar refractivity (Wildman–Crippen MR) is 96.7 cm³/mol. The average molecular weight is 382 g/mol. The van der Waals surface area contributed by atoms with Crippen molar-refractivity contribution in [1.82, 2.24) is 5.32 Å². The molecule has 0 aliphatic heterocycles. The van der Waals surface area contributed by atoms with Gasteiger partial charge in [0.15, 0.2) is 0 Å². The second kappa shape index (κ2) is 9.30. The van der Waals surface area contributed by atoms with E-state index in [0.29, 0.717) is 46.5 Å². The number of amides is 1. The Morgan fingerprint density at radius 2 is 1.72 bits per heavy atom. The number of hydrogen-bond donors (Lipinski definition) is 1. The predicted octanol–water partition coefficient (Wildman–Crippen LogP) is 3.98. The van der Waals surface area contributed by atoms with Gasteiger partial charge >= 0.3 is 5.97 Å². The maximum Gasteiger partial charge on any atom is 0.337 e. The summed E-state index contributed by atoms with van der Waals surface area (Å²) >= 11 is 11.8. The van der Waals surface area contributed by atoms with Crippen LogP contribution in [0.3, 0.4) is 0 Å². The summed E-state index contributed by atoms with van der Waals surface area (Å²) in [4.78, 5) is 23.4. The molecule has 0 saturated carbocycles. The molecule has 0 aliphatic rings. The van der Waals surface area contributed by atoms with E-state index in [-0.39, 0.29) is 5.91 Å². The molecule has 0 aliphatic carbocycles. The van der Waals surface area contributed by atoms with E-state index in [9.17, 15) is 9.59 Å². The van der Waals surface area contributed by atoms with E-state index in [1.54, 1.807) is 42.5 Å². The fraction of sp³-hybridized carbons (Fsp3) is 0.222. The van der Waals surface area contributed by atoms with E-state index in [2.05, 4.69) is 10.1 Å². The molecule has 0 spiro atoms. The van der Waals surface area contributed by atoms with E-state index in [0.717, 1.165) is 0 Å². The van der Waals surface area contributed by atoms with E-state index < -0.39 is 5.97 Å². The average Bonchev–Trinajstić information content (AvgIpc) is 2.62. The molecule has 2 rings (SSSR count). The van der Waals surface area contributed by atoms with Gasteiger partial charge in [-0.25, -0.2) is 4.79 Å². The molecule has 132 valence electrons. The van der Waals surface area contributed by atoms with E-state index in [1.807, 2.05) is 0 Å². The lowest BCUT2D eigenvalue weighted by Crippen LogP contribution is -2.25. The SMILES string of the molecule is COC(=O)c1ccc(C(=O)NCCCOc2ccc(Cl)cc2Cl)cc1. The standard InChI is InChI=1S/C18H17Cl2NO4/c1-24-18(23)13-5-3-12(4-6-13)17(22)21-9-2-10-25-16-8-7-14(19)11-15(16)20/h3-8,11H,2,9-10H2,1H3,(H,21,22). The Morgan fingerprint density at radius 1 is 1.04 bits per heavy atom. The maximum absolute atomic E-state index is 12.0. The van der Waals surface area contributed by atoms with Crippen LogP contribution in [0, 0.1) is 0 Å². The van der Waals surface area contributed by atoms with Crippen molar-refractivity contribution in [1.29, 1.82) is 0 Å². The van der Waals surface area contributed by atoms with Crippen LogP contribution in [0.25, 0.3) is 0 Å². The maximum atomic E-state index is 12.0. The molecule has 7 heteroatoms. The van der Waals surface area contributed by atoms with Crippen LogP contribution in [0.1, 0.15) is 27.1 Å². The van der Waals surface area contributed by atoms with Crippen LogP contribution in [-0.2, 0) is 4.74 Å². The van der Waals surface area contributed by atoms with Gasteiger partial charge in [-0.1, -0.05) is 23.2 Å². The summed E-state index contributed by atoms with van der Waals surface area (Å²) in [6, 6.07) is 11.3. The molecule has 0 fully saturated rings. The first-order chi connectivity index (χ1) is 12.0. The van der Waals surface area contributed by atoms with Crippen LogP contribution < -0.4 is 10.1 Å². The lowest BCUT2D eigenvalue weighted by atomic mass is 10.1. The van der Waals surface area contributed by atoms with Gasteiger partial charge in [0.1, 0.15) is 5.75 Å². The molecule has 2 aromatic rings. The van der Waals surface area contributed by atoms with Gasteiger partial charge in [0.25, 0.3) is 5.91 Å². The van der Waals surface area contributed by atoms with Gasteiger partial charge in [-0.3, -0.25) is 4.79 Å². The van der Waals surface area contributed by atoms with Crippen LogP contribution in [-0.4, -0.2) is 32.1 Å². The van der Waals surface area contributed by atoms with E-state index in [1.165, 1.54) is 7.11 Å². The summed E-state index contributed by atoms with van der Waals surface area (Å²) in [5.41, 5.74) is 0.863. The Hall–Kier alpha value is -2.24. The monoisotopic (exact) mass is 381 g/mol. The van der Waals surface area contributed by atoms with Crippen molar-refractivity contribution >= 4 is 35.1 Å².